The number of nitrogens with one attached hydrogen (secondary N) is 1. The number of nitrogens with zero attached hydrogens (tertiary/aromatic N) is 3. The van der Waals surface area contributed by atoms with Gasteiger partial charge >= 0.3 is 5.69 Å². The number of carbonyl (C=O) groups is 1. The average molecular weight is 425 g/mol. The van der Waals surface area contributed by atoms with Crippen LogP contribution in [0.2, 0.25) is 5.02 Å². The first kappa shape index (κ1) is 21.9. The van der Waals surface area contributed by atoms with Crippen LogP contribution in [0.4, 0.5) is 0 Å². The third-order valence-electron chi connectivity index (χ3n) is 4.88. The Balaban J connectivity index is 1.86. The molecule has 0 amide bonds. The van der Waals surface area contributed by atoms with Gasteiger partial charge in [0.25, 0.3) is 0 Å². The first-order valence-electron chi connectivity index (χ1n) is 9.75. The van der Waals surface area contributed by atoms with Gasteiger partial charge in [0.1, 0.15) is 12.1 Å². The molecule has 3 aromatic rings. The van der Waals surface area contributed by atoms with Crippen molar-refractivity contribution < 1.29 is 4.79 Å². The van der Waals surface area contributed by atoms with Crippen LogP contribution in [0.5, 0.6) is 0 Å². The van der Waals surface area contributed by atoms with Crippen molar-refractivity contribution in [3.8, 4) is 22.8 Å². The van der Waals surface area contributed by atoms with Gasteiger partial charge in [0.2, 0.25) is 0 Å². The Morgan fingerprint density at radius 3 is 2.57 bits per heavy atom. The van der Waals surface area contributed by atoms with Gasteiger partial charge in [0.05, 0.1) is 5.02 Å². The highest BCUT2D eigenvalue weighted by atomic mass is 35.5. The fraction of sp³-hybridized carbons (Fsp3) is 0.304. The summed E-state index contributed by atoms with van der Waals surface area (Å²) in [5.74, 6) is 0.731. The van der Waals surface area contributed by atoms with Crippen molar-refractivity contribution in [3.63, 3.8) is 0 Å². The minimum Gasteiger partial charge on any atom is -0.303 e. The Morgan fingerprint density at radius 2 is 1.87 bits per heavy atom. The SMILES string of the molecule is CN(CCC(C)(C)C=O)Cc1ccc(Cl)c(-c2nc(-c3ccccc3)nc(=O)[nH]2)c1. The van der Waals surface area contributed by atoms with Crippen molar-refractivity contribution in [2.45, 2.75) is 26.8 Å². The molecule has 1 N–H and O–H groups in total. The first-order chi connectivity index (χ1) is 14.3. The Hall–Kier alpha value is -2.83. The lowest BCUT2D eigenvalue weighted by Crippen LogP contribution is -2.25. The van der Waals surface area contributed by atoms with E-state index in [-0.39, 0.29) is 5.41 Å². The molecule has 0 aliphatic rings. The molecule has 0 radical (unpaired) electrons. The largest absolute Gasteiger partial charge is 0.348 e. The Bertz CT molecular complexity index is 1080. The molecule has 0 saturated carbocycles. The van der Waals surface area contributed by atoms with Crippen LogP contribution in [-0.4, -0.2) is 39.7 Å². The van der Waals surface area contributed by atoms with Crippen LogP contribution in [0.25, 0.3) is 22.8 Å². The second-order valence-electron chi connectivity index (χ2n) is 8.10. The predicted molar refractivity (Wildman–Crippen MR) is 119 cm³/mol. The average Bonchev–Trinajstić information content (AvgIpc) is 2.74. The van der Waals surface area contributed by atoms with E-state index in [4.69, 9.17) is 11.6 Å². The Labute approximate surface area is 181 Å². The molecule has 6 nitrogen and oxygen atoms in total. The second kappa shape index (κ2) is 9.32. The molecule has 0 unspecified atom stereocenters. The highest BCUT2D eigenvalue weighted by molar-refractivity contribution is 6.33. The van der Waals surface area contributed by atoms with Crippen LogP contribution in [-0.2, 0) is 11.3 Å². The number of hydrogen-bond donors (Lipinski definition) is 1. The summed E-state index contributed by atoms with van der Waals surface area (Å²) in [6, 6.07) is 15.0. The molecular weight excluding hydrogens is 400 g/mol. The van der Waals surface area contributed by atoms with Crippen LogP contribution >= 0.6 is 11.6 Å². The maximum absolute atomic E-state index is 12.2. The van der Waals surface area contributed by atoms with E-state index in [1.54, 1.807) is 6.07 Å². The monoisotopic (exact) mass is 424 g/mol. The number of rotatable bonds is 8. The van der Waals surface area contributed by atoms with Gasteiger partial charge in [-0.3, -0.25) is 4.98 Å². The minimum atomic E-state index is -0.478. The molecule has 0 atom stereocenters. The van der Waals surface area contributed by atoms with Gasteiger partial charge < -0.3 is 9.69 Å². The molecule has 1 heterocycles. The first-order valence-corrected chi connectivity index (χ1v) is 10.1. The van der Waals surface area contributed by atoms with E-state index in [9.17, 15) is 9.59 Å². The lowest BCUT2D eigenvalue weighted by Gasteiger charge is -2.22. The molecule has 3 rings (SSSR count). The van der Waals surface area contributed by atoms with E-state index in [0.29, 0.717) is 28.8 Å². The molecule has 0 aliphatic carbocycles. The van der Waals surface area contributed by atoms with Gasteiger partial charge in [-0.25, -0.2) is 9.78 Å². The molecule has 2 aromatic carbocycles. The van der Waals surface area contributed by atoms with Gasteiger partial charge in [-0.05, 0) is 37.7 Å². The molecule has 30 heavy (non-hydrogen) atoms. The summed E-state index contributed by atoms with van der Waals surface area (Å²) in [4.78, 5) is 36.6. The Kier molecular flexibility index (Phi) is 6.80. The van der Waals surface area contributed by atoms with E-state index in [1.807, 2.05) is 63.4 Å². The van der Waals surface area contributed by atoms with E-state index in [2.05, 4.69) is 19.9 Å². The number of halogens is 1. The van der Waals surface area contributed by atoms with Crippen molar-refractivity contribution in [2.75, 3.05) is 13.6 Å². The van der Waals surface area contributed by atoms with Gasteiger partial charge in [0.15, 0.2) is 5.82 Å². The zero-order chi connectivity index (χ0) is 21.7. The summed E-state index contributed by atoms with van der Waals surface area (Å²) in [7, 11) is 2.01. The van der Waals surface area contributed by atoms with Crippen LogP contribution < -0.4 is 5.69 Å². The molecule has 156 valence electrons. The number of aromatic nitrogens is 3. The third kappa shape index (κ3) is 5.62. The lowest BCUT2D eigenvalue weighted by molar-refractivity contribution is -0.115. The maximum Gasteiger partial charge on any atom is 0.348 e. The zero-order valence-electron chi connectivity index (χ0n) is 17.4. The molecular formula is C23H25ClN4O2. The quantitative estimate of drug-likeness (QED) is 0.548. The van der Waals surface area contributed by atoms with Crippen LogP contribution in [0.1, 0.15) is 25.8 Å². The topological polar surface area (TPSA) is 79.0 Å². The molecule has 0 aliphatic heterocycles. The van der Waals surface area contributed by atoms with E-state index >= 15 is 0 Å². The van der Waals surface area contributed by atoms with E-state index < -0.39 is 5.69 Å². The number of carbonyl (C=O) groups excluding carboxylic acids is 1. The number of H-pyrrole nitrogens is 1. The molecule has 0 spiro atoms. The predicted octanol–water partition coefficient (Wildman–Crippen LogP) is 4.20. The summed E-state index contributed by atoms with van der Waals surface area (Å²) in [5.41, 5.74) is 1.62. The summed E-state index contributed by atoms with van der Waals surface area (Å²) in [6.07, 6.45) is 1.77. The smallest absolute Gasteiger partial charge is 0.303 e. The van der Waals surface area contributed by atoms with Crippen molar-refractivity contribution >= 4 is 17.9 Å². The highest BCUT2D eigenvalue weighted by Crippen LogP contribution is 2.27. The summed E-state index contributed by atoms with van der Waals surface area (Å²) < 4.78 is 0. The number of aromatic amines is 1. The van der Waals surface area contributed by atoms with Crippen molar-refractivity contribution in [3.05, 3.63) is 69.6 Å². The third-order valence-corrected chi connectivity index (χ3v) is 5.21. The van der Waals surface area contributed by atoms with Crippen molar-refractivity contribution in [1.29, 1.82) is 0 Å². The van der Waals surface area contributed by atoms with Crippen molar-refractivity contribution in [1.82, 2.24) is 19.9 Å². The molecule has 1 aromatic heterocycles. The molecule has 7 heteroatoms. The van der Waals surface area contributed by atoms with Crippen LogP contribution in [0.15, 0.2) is 53.3 Å². The highest BCUT2D eigenvalue weighted by Gasteiger charge is 2.17. The number of aldehydes is 1. The standard InChI is InChI=1S/C23H25ClN4O2/c1-23(2,15-29)11-12-28(3)14-16-9-10-19(24)18(13-16)21-25-20(26-22(30)27-21)17-7-5-4-6-8-17/h4-10,13,15H,11-12,14H2,1-3H3,(H,25,26,27,30). The minimum absolute atomic E-state index is 0.340. The zero-order valence-corrected chi connectivity index (χ0v) is 18.1. The van der Waals surface area contributed by atoms with Gasteiger partial charge in [-0.15, -0.1) is 0 Å². The lowest BCUT2D eigenvalue weighted by atomic mass is 9.91. The summed E-state index contributed by atoms with van der Waals surface area (Å²) in [5, 5.41) is 0.497. The van der Waals surface area contributed by atoms with Crippen LogP contribution in [0.3, 0.4) is 0 Å². The van der Waals surface area contributed by atoms with Crippen LogP contribution in [0, 0.1) is 5.41 Å². The Morgan fingerprint density at radius 1 is 1.13 bits per heavy atom. The number of hydrogen-bond acceptors (Lipinski definition) is 5. The second-order valence-corrected chi connectivity index (χ2v) is 8.51. The fourth-order valence-electron chi connectivity index (χ4n) is 3.01. The van der Waals surface area contributed by atoms with Gasteiger partial charge in [-0.2, -0.15) is 4.98 Å². The maximum atomic E-state index is 12.2. The molecule has 0 bridgehead atoms. The van der Waals surface area contributed by atoms with E-state index in [1.165, 1.54) is 0 Å². The molecule has 0 fully saturated rings. The number of benzene rings is 2. The van der Waals surface area contributed by atoms with Gasteiger partial charge in [-0.1, -0.05) is 61.8 Å². The molecule has 0 saturated heterocycles. The van der Waals surface area contributed by atoms with Crippen molar-refractivity contribution in [2.24, 2.45) is 5.41 Å². The normalized spacial score (nSPS) is 11.6. The van der Waals surface area contributed by atoms with E-state index in [0.717, 1.165) is 30.4 Å². The summed E-state index contributed by atoms with van der Waals surface area (Å²) in [6.45, 7) is 5.33. The van der Waals surface area contributed by atoms with Gasteiger partial charge in [0, 0.05) is 23.1 Å². The fourth-order valence-corrected chi connectivity index (χ4v) is 3.22. The summed E-state index contributed by atoms with van der Waals surface area (Å²) >= 11 is 6.42.